The highest BCUT2D eigenvalue weighted by molar-refractivity contribution is 5.37. The van der Waals surface area contributed by atoms with Crippen molar-refractivity contribution in [3.8, 4) is 0 Å². The molecule has 2 aromatic carbocycles. The Morgan fingerprint density at radius 3 is 2.39 bits per heavy atom. The van der Waals surface area contributed by atoms with Gasteiger partial charge in [0.15, 0.2) is 0 Å². The highest BCUT2D eigenvalue weighted by Gasteiger charge is 2.19. The summed E-state index contributed by atoms with van der Waals surface area (Å²) in [6.45, 7) is 10.4. The molecule has 23 heavy (non-hydrogen) atoms. The molecule has 0 aliphatic rings. The van der Waals surface area contributed by atoms with Crippen molar-refractivity contribution in [2.75, 3.05) is 0 Å². The first-order valence-corrected chi connectivity index (χ1v) is 8.38. The lowest BCUT2D eigenvalue weighted by molar-refractivity contribution is 0.177. The van der Waals surface area contributed by atoms with Crippen molar-refractivity contribution >= 4 is 0 Å². The van der Waals surface area contributed by atoms with Gasteiger partial charge in [-0.2, -0.15) is 0 Å². The fourth-order valence-electron chi connectivity index (χ4n) is 2.80. The van der Waals surface area contributed by atoms with E-state index in [0.29, 0.717) is 6.42 Å². The molecule has 0 aromatic heterocycles. The van der Waals surface area contributed by atoms with Gasteiger partial charge in [-0.15, -0.1) is 6.58 Å². The lowest BCUT2D eigenvalue weighted by Gasteiger charge is -2.23. The highest BCUT2D eigenvalue weighted by Crippen LogP contribution is 2.29. The number of hydrogen-bond acceptors (Lipinski definition) is 1. The quantitative estimate of drug-likeness (QED) is 0.710. The second-order valence-corrected chi connectivity index (χ2v) is 7.20. The summed E-state index contributed by atoms with van der Waals surface area (Å²) in [4.78, 5) is 0. The van der Waals surface area contributed by atoms with E-state index in [2.05, 4.69) is 57.7 Å². The first kappa shape index (κ1) is 17.5. The number of benzene rings is 2. The van der Waals surface area contributed by atoms with Crippen LogP contribution in [-0.2, 0) is 18.3 Å². The Balaban J connectivity index is 2.33. The largest absolute Gasteiger partial charge is 0.388 e. The fraction of sp³-hybridized carbons (Fsp3) is 0.364. The Morgan fingerprint density at radius 1 is 1.09 bits per heavy atom. The molecule has 0 saturated heterocycles. The van der Waals surface area contributed by atoms with E-state index in [0.717, 1.165) is 24.0 Å². The van der Waals surface area contributed by atoms with Crippen molar-refractivity contribution in [3.05, 3.63) is 83.4 Å². The van der Waals surface area contributed by atoms with Gasteiger partial charge < -0.3 is 5.11 Å². The topological polar surface area (TPSA) is 20.2 Å². The van der Waals surface area contributed by atoms with E-state index >= 15 is 0 Å². The molecule has 0 fully saturated rings. The van der Waals surface area contributed by atoms with Crippen molar-refractivity contribution in [3.63, 3.8) is 0 Å². The zero-order valence-electron chi connectivity index (χ0n) is 14.5. The maximum Gasteiger partial charge on any atom is 0.0833 e. The summed E-state index contributed by atoms with van der Waals surface area (Å²) >= 11 is 0. The SMILES string of the molecule is C=CCCc1ccc(C(C)(C)C)cc1C(O)Cc1ccccc1. The van der Waals surface area contributed by atoms with E-state index in [1.165, 1.54) is 11.1 Å². The summed E-state index contributed by atoms with van der Waals surface area (Å²) in [6.07, 6.45) is 3.97. The smallest absolute Gasteiger partial charge is 0.0833 e. The fourth-order valence-corrected chi connectivity index (χ4v) is 2.80. The summed E-state index contributed by atoms with van der Waals surface area (Å²) in [5.74, 6) is 0. The van der Waals surface area contributed by atoms with Crippen molar-refractivity contribution < 1.29 is 5.11 Å². The molecule has 1 nitrogen and oxygen atoms in total. The Morgan fingerprint density at radius 2 is 1.78 bits per heavy atom. The average molecular weight is 308 g/mol. The van der Waals surface area contributed by atoms with Gasteiger partial charge in [-0.1, -0.05) is 75.4 Å². The first-order chi connectivity index (χ1) is 10.9. The van der Waals surface area contributed by atoms with Gasteiger partial charge in [-0.25, -0.2) is 0 Å². The molecule has 2 aromatic rings. The van der Waals surface area contributed by atoms with Crippen molar-refractivity contribution in [2.24, 2.45) is 0 Å². The lowest BCUT2D eigenvalue weighted by Crippen LogP contribution is -2.14. The number of aliphatic hydroxyl groups excluding tert-OH is 1. The highest BCUT2D eigenvalue weighted by atomic mass is 16.3. The number of allylic oxidation sites excluding steroid dienone is 1. The van der Waals surface area contributed by atoms with Gasteiger partial charge in [0.2, 0.25) is 0 Å². The predicted octanol–water partition coefficient (Wildman–Crippen LogP) is 5.38. The minimum absolute atomic E-state index is 0.0815. The van der Waals surface area contributed by atoms with E-state index in [1.807, 2.05) is 24.3 Å². The van der Waals surface area contributed by atoms with Gasteiger partial charge in [0, 0.05) is 6.42 Å². The molecule has 1 atom stereocenters. The van der Waals surface area contributed by atoms with E-state index in [-0.39, 0.29) is 5.41 Å². The van der Waals surface area contributed by atoms with Crippen molar-refractivity contribution in [2.45, 2.75) is 51.6 Å². The first-order valence-electron chi connectivity index (χ1n) is 8.38. The summed E-state index contributed by atoms with van der Waals surface area (Å²) in [5, 5.41) is 10.8. The normalized spacial score (nSPS) is 12.9. The molecule has 0 spiro atoms. The zero-order chi connectivity index (χ0) is 16.9. The number of aryl methyl sites for hydroxylation is 1. The third-order valence-corrected chi connectivity index (χ3v) is 4.26. The number of aliphatic hydroxyl groups is 1. The van der Waals surface area contributed by atoms with Crippen LogP contribution in [0.5, 0.6) is 0 Å². The van der Waals surface area contributed by atoms with Gasteiger partial charge >= 0.3 is 0 Å². The third kappa shape index (κ3) is 4.80. The summed E-state index contributed by atoms with van der Waals surface area (Å²) < 4.78 is 0. The van der Waals surface area contributed by atoms with Crippen LogP contribution in [0.4, 0.5) is 0 Å². The van der Waals surface area contributed by atoms with Crippen LogP contribution in [-0.4, -0.2) is 5.11 Å². The van der Waals surface area contributed by atoms with E-state index < -0.39 is 6.10 Å². The van der Waals surface area contributed by atoms with E-state index in [1.54, 1.807) is 0 Å². The van der Waals surface area contributed by atoms with Gasteiger partial charge in [0.25, 0.3) is 0 Å². The number of hydrogen-bond donors (Lipinski definition) is 1. The standard InChI is InChI=1S/C22H28O/c1-5-6-12-18-13-14-19(22(2,3)4)16-20(18)21(23)15-17-10-8-7-9-11-17/h5,7-11,13-14,16,21,23H,1,6,12,15H2,2-4H3. The van der Waals surface area contributed by atoms with Crippen LogP contribution in [0, 0.1) is 0 Å². The second kappa shape index (κ2) is 7.61. The number of rotatable bonds is 6. The molecular weight excluding hydrogens is 280 g/mol. The molecule has 0 amide bonds. The molecule has 122 valence electrons. The van der Waals surface area contributed by atoms with Gasteiger partial charge in [-0.3, -0.25) is 0 Å². The lowest BCUT2D eigenvalue weighted by atomic mass is 9.83. The molecule has 0 aliphatic heterocycles. The monoisotopic (exact) mass is 308 g/mol. The molecule has 1 N–H and O–H groups in total. The molecule has 0 heterocycles. The van der Waals surface area contributed by atoms with E-state index in [4.69, 9.17) is 0 Å². The summed E-state index contributed by atoms with van der Waals surface area (Å²) in [5.41, 5.74) is 4.79. The molecule has 0 saturated carbocycles. The predicted molar refractivity (Wildman–Crippen MR) is 98.8 cm³/mol. The van der Waals surface area contributed by atoms with Crippen LogP contribution in [0.3, 0.4) is 0 Å². The zero-order valence-corrected chi connectivity index (χ0v) is 14.5. The van der Waals surface area contributed by atoms with Crippen LogP contribution < -0.4 is 0 Å². The Kier molecular flexibility index (Phi) is 5.79. The van der Waals surface area contributed by atoms with Crippen LogP contribution >= 0.6 is 0 Å². The summed E-state index contributed by atoms with van der Waals surface area (Å²) in [7, 11) is 0. The molecule has 1 unspecified atom stereocenters. The van der Waals surface area contributed by atoms with Gasteiger partial charge in [0.1, 0.15) is 0 Å². The van der Waals surface area contributed by atoms with Crippen molar-refractivity contribution in [1.82, 2.24) is 0 Å². The maximum absolute atomic E-state index is 10.8. The minimum atomic E-state index is -0.473. The Labute approximate surface area is 140 Å². The average Bonchev–Trinajstić information content (AvgIpc) is 2.52. The Bertz CT molecular complexity index is 635. The third-order valence-electron chi connectivity index (χ3n) is 4.26. The van der Waals surface area contributed by atoms with E-state index in [9.17, 15) is 5.11 Å². The molecule has 1 heteroatoms. The molecular formula is C22H28O. The molecule has 0 bridgehead atoms. The maximum atomic E-state index is 10.8. The second-order valence-electron chi connectivity index (χ2n) is 7.20. The van der Waals surface area contributed by atoms with Crippen LogP contribution in [0.2, 0.25) is 0 Å². The summed E-state index contributed by atoms with van der Waals surface area (Å²) in [6, 6.07) is 16.7. The van der Waals surface area contributed by atoms with Crippen molar-refractivity contribution in [1.29, 1.82) is 0 Å². The molecule has 0 aliphatic carbocycles. The molecule has 0 radical (unpaired) electrons. The van der Waals surface area contributed by atoms with Crippen LogP contribution in [0.1, 0.15) is 55.5 Å². The molecule has 2 rings (SSSR count). The van der Waals surface area contributed by atoms with Gasteiger partial charge in [0.05, 0.1) is 6.10 Å². The van der Waals surface area contributed by atoms with Crippen LogP contribution in [0.15, 0.2) is 61.2 Å². The van der Waals surface area contributed by atoms with Crippen LogP contribution in [0.25, 0.3) is 0 Å². The van der Waals surface area contributed by atoms with Gasteiger partial charge in [-0.05, 0) is 40.5 Å². The Hall–Kier alpha value is -1.86. The minimum Gasteiger partial charge on any atom is -0.388 e.